The highest BCUT2D eigenvalue weighted by Gasteiger charge is 2.13. The lowest BCUT2D eigenvalue weighted by atomic mass is 10.1. The maximum atomic E-state index is 12.3. The van der Waals surface area contributed by atoms with Gasteiger partial charge in [-0.15, -0.1) is 0 Å². The third-order valence-electron chi connectivity index (χ3n) is 4.09. The number of amides is 2. The van der Waals surface area contributed by atoms with Crippen LogP contribution in [0.5, 0.6) is 0 Å². The van der Waals surface area contributed by atoms with Crippen molar-refractivity contribution >= 4 is 33.4 Å². The largest absolute Gasteiger partial charge is 0.370 e. The molecule has 1 rings (SSSR count). The molecule has 0 aliphatic carbocycles. The Hall–Kier alpha value is -1.70. The average Bonchev–Trinajstić information content (AvgIpc) is 2.78. The zero-order valence-electron chi connectivity index (χ0n) is 20.3. The number of nitrogens with one attached hydrogen (secondary N) is 4. The van der Waals surface area contributed by atoms with Gasteiger partial charge in [-0.1, -0.05) is 74.3 Å². The lowest BCUT2D eigenvalue weighted by Crippen LogP contribution is -2.34. The van der Waals surface area contributed by atoms with Crippen LogP contribution in [0.1, 0.15) is 55.9 Å². The highest BCUT2D eigenvalue weighted by atomic mass is 33.1. The third-order valence-corrected chi connectivity index (χ3v) is 6.79. The predicted molar refractivity (Wildman–Crippen MR) is 140 cm³/mol. The van der Waals surface area contributed by atoms with E-state index in [1.807, 2.05) is 38.1 Å². The molecule has 0 saturated carbocycles. The lowest BCUT2D eigenvalue weighted by molar-refractivity contribution is -0.124. The third kappa shape index (κ3) is 14.2. The van der Waals surface area contributed by atoms with Crippen molar-refractivity contribution in [2.45, 2.75) is 46.0 Å². The summed E-state index contributed by atoms with van der Waals surface area (Å²) in [5, 5.41) is 12.2. The van der Waals surface area contributed by atoms with Gasteiger partial charge >= 0.3 is 0 Å². The fourth-order valence-corrected chi connectivity index (χ4v) is 4.59. The summed E-state index contributed by atoms with van der Waals surface area (Å²) in [5.41, 5.74) is 1.73. The van der Waals surface area contributed by atoms with E-state index in [2.05, 4.69) is 54.0 Å². The molecule has 1 atom stereocenters. The molecule has 184 valence electrons. The minimum Gasteiger partial charge on any atom is -0.370 e. The zero-order chi connectivity index (χ0) is 24.5. The second kappa shape index (κ2) is 17.7. The van der Waals surface area contributed by atoms with Gasteiger partial charge in [0.15, 0.2) is 0 Å². The lowest BCUT2D eigenvalue weighted by Gasteiger charge is -2.18. The molecule has 0 aliphatic rings. The van der Waals surface area contributed by atoms with Crippen molar-refractivity contribution < 1.29 is 14.3 Å². The number of ether oxygens (including phenoxy) is 1. The van der Waals surface area contributed by atoms with Gasteiger partial charge in [-0.05, 0) is 17.7 Å². The highest BCUT2D eigenvalue weighted by molar-refractivity contribution is 8.76. The first-order chi connectivity index (χ1) is 15.8. The maximum Gasteiger partial charge on any atom is 0.257 e. The molecule has 0 saturated heterocycles. The summed E-state index contributed by atoms with van der Waals surface area (Å²) in [7, 11) is 3.50. The average molecular weight is 495 g/mol. The summed E-state index contributed by atoms with van der Waals surface area (Å²) in [6, 6.07) is 10.7. The molecule has 0 bridgehead atoms. The molecule has 0 aliphatic heterocycles. The molecule has 2 amide bonds. The Bertz CT molecular complexity index is 761. The van der Waals surface area contributed by atoms with Crippen molar-refractivity contribution in [3.8, 4) is 12.0 Å². The van der Waals surface area contributed by atoms with Crippen LogP contribution >= 0.6 is 21.6 Å². The van der Waals surface area contributed by atoms with Crippen LogP contribution in [0.15, 0.2) is 24.3 Å². The SMILES string of the molecule is CCSSC(NCCOCC(=O)NC#CC(C)C)c1ccc(C(=O)NCCNC(C)C)cc1. The maximum absolute atomic E-state index is 12.3. The Labute approximate surface area is 206 Å². The van der Waals surface area contributed by atoms with E-state index in [0.717, 1.165) is 17.9 Å². The van der Waals surface area contributed by atoms with Gasteiger partial charge in [0.2, 0.25) is 0 Å². The Morgan fingerprint density at radius 3 is 2.39 bits per heavy atom. The molecule has 1 unspecified atom stereocenters. The fraction of sp³-hybridized carbons (Fsp3) is 0.583. The summed E-state index contributed by atoms with van der Waals surface area (Å²) in [5.74, 6) is 3.75. The molecule has 9 heteroatoms. The molecule has 7 nitrogen and oxygen atoms in total. The van der Waals surface area contributed by atoms with Crippen molar-refractivity contribution in [3.63, 3.8) is 0 Å². The predicted octanol–water partition coefficient (Wildman–Crippen LogP) is 3.15. The van der Waals surface area contributed by atoms with E-state index in [9.17, 15) is 9.59 Å². The van der Waals surface area contributed by atoms with Gasteiger partial charge in [0.1, 0.15) is 6.61 Å². The molecule has 0 radical (unpaired) electrons. The van der Waals surface area contributed by atoms with Crippen LogP contribution in [0, 0.1) is 17.9 Å². The van der Waals surface area contributed by atoms with Crippen molar-refractivity contribution in [2.24, 2.45) is 5.92 Å². The van der Waals surface area contributed by atoms with E-state index in [-0.39, 0.29) is 29.7 Å². The second-order valence-corrected chi connectivity index (χ2v) is 10.6. The van der Waals surface area contributed by atoms with Crippen molar-refractivity contribution in [3.05, 3.63) is 35.4 Å². The van der Waals surface area contributed by atoms with E-state index in [0.29, 0.717) is 31.3 Å². The van der Waals surface area contributed by atoms with Crippen LogP contribution in [0.25, 0.3) is 0 Å². The van der Waals surface area contributed by atoms with Crippen LogP contribution in [0.2, 0.25) is 0 Å². The van der Waals surface area contributed by atoms with Crippen LogP contribution < -0.4 is 21.3 Å². The second-order valence-electron chi connectivity index (χ2n) is 7.85. The van der Waals surface area contributed by atoms with Gasteiger partial charge < -0.3 is 15.4 Å². The van der Waals surface area contributed by atoms with E-state index in [1.165, 1.54) is 0 Å². The van der Waals surface area contributed by atoms with Crippen LogP contribution in [0.4, 0.5) is 0 Å². The highest BCUT2D eigenvalue weighted by Crippen LogP contribution is 2.35. The van der Waals surface area contributed by atoms with Gasteiger partial charge in [0, 0.05) is 49.0 Å². The molecule has 0 heterocycles. The van der Waals surface area contributed by atoms with Gasteiger partial charge in [0.05, 0.1) is 12.0 Å². The number of carbonyl (C=O) groups excluding carboxylic acids is 2. The number of hydrogen-bond donors (Lipinski definition) is 4. The van der Waals surface area contributed by atoms with Gasteiger partial charge in [-0.2, -0.15) is 0 Å². The van der Waals surface area contributed by atoms with E-state index in [4.69, 9.17) is 4.74 Å². The molecule has 0 fully saturated rings. The first-order valence-electron chi connectivity index (χ1n) is 11.3. The van der Waals surface area contributed by atoms with Crippen LogP contribution in [-0.4, -0.2) is 56.5 Å². The van der Waals surface area contributed by atoms with Crippen molar-refractivity contribution in [1.82, 2.24) is 21.3 Å². The number of hydrogen-bond acceptors (Lipinski definition) is 7. The monoisotopic (exact) mass is 494 g/mol. The first kappa shape index (κ1) is 29.3. The molecule has 0 spiro atoms. The van der Waals surface area contributed by atoms with E-state index < -0.39 is 0 Å². The molecule has 4 N–H and O–H groups in total. The topological polar surface area (TPSA) is 91.5 Å². The van der Waals surface area contributed by atoms with Gasteiger partial charge in [-0.3, -0.25) is 20.2 Å². The zero-order valence-corrected chi connectivity index (χ0v) is 22.0. The van der Waals surface area contributed by atoms with E-state index >= 15 is 0 Å². The summed E-state index contributed by atoms with van der Waals surface area (Å²) in [6.45, 7) is 12.5. The van der Waals surface area contributed by atoms with Gasteiger partial charge in [-0.25, -0.2) is 0 Å². The molecular weight excluding hydrogens is 456 g/mol. The van der Waals surface area contributed by atoms with Crippen molar-refractivity contribution in [1.29, 1.82) is 0 Å². The minimum absolute atomic E-state index is 0.0214. The first-order valence-corrected chi connectivity index (χ1v) is 13.7. The fourth-order valence-electron chi connectivity index (χ4n) is 2.51. The molecule has 1 aromatic carbocycles. The Balaban J connectivity index is 2.47. The summed E-state index contributed by atoms with van der Waals surface area (Å²) >= 11 is 0. The van der Waals surface area contributed by atoms with Crippen LogP contribution in [-0.2, 0) is 9.53 Å². The Kier molecular flexibility index (Phi) is 15.8. The van der Waals surface area contributed by atoms with E-state index in [1.54, 1.807) is 21.6 Å². The van der Waals surface area contributed by atoms with Crippen LogP contribution in [0.3, 0.4) is 0 Å². The normalized spacial score (nSPS) is 11.7. The summed E-state index contributed by atoms with van der Waals surface area (Å²) in [6.07, 6.45) is 0. The van der Waals surface area contributed by atoms with Gasteiger partial charge in [0.25, 0.3) is 11.8 Å². The minimum atomic E-state index is -0.246. The quantitative estimate of drug-likeness (QED) is 0.0979. The molecule has 33 heavy (non-hydrogen) atoms. The number of carbonyl (C=O) groups is 2. The Morgan fingerprint density at radius 1 is 1.03 bits per heavy atom. The molecular formula is C24H38N4O3S2. The smallest absolute Gasteiger partial charge is 0.257 e. The Morgan fingerprint density at radius 2 is 1.76 bits per heavy atom. The molecule has 0 aromatic heterocycles. The summed E-state index contributed by atoms with van der Waals surface area (Å²) < 4.78 is 5.44. The number of benzene rings is 1. The summed E-state index contributed by atoms with van der Waals surface area (Å²) in [4.78, 5) is 24.0. The number of rotatable bonds is 15. The van der Waals surface area contributed by atoms with Crippen molar-refractivity contribution in [2.75, 3.05) is 38.6 Å². The molecule has 1 aromatic rings. The standard InChI is InChI=1S/C24H38N4O3S2/c1-6-32-33-24(28-15-16-31-17-22(29)26-12-11-18(2)3)21-9-7-20(8-10-21)23(30)27-14-13-25-19(4)5/h7-10,18-19,24-25,28H,6,13-17H2,1-5H3,(H,26,29)(H,27,30).